The van der Waals surface area contributed by atoms with E-state index in [1.54, 1.807) is 24.3 Å². The highest BCUT2D eigenvalue weighted by atomic mass is 35.5. The molecule has 1 aromatic rings. The Kier molecular flexibility index (Phi) is 5.32. The number of guanidine groups is 1. The molecule has 150 valence electrons. The zero-order chi connectivity index (χ0) is 19.7. The fourth-order valence-corrected chi connectivity index (χ4v) is 4.42. The summed E-state index contributed by atoms with van der Waals surface area (Å²) >= 11 is 5.94. The smallest absolute Gasteiger partial charge is 0.257 e. The average Bonchev–Trinajstić information content (AvgIpc) is 2.96. The molecule has 0 spiro atoms. The molecular weight excluding hydrogens is 374 g/mol. The van der Waals surface area contributed by atoms with Crippen LogP contribution in [0.15, 0.2) is 34.4 Å². The summed E-state index contributed by atoms with van der Waals surface area (Å²) in [5.74, 6) is 0.703. The lowest BCUT2D eigenvalue weighted by Gasteiger charge is -2.40. The van der Waals surface area contributed by atoms with Gasteiger partial charge >= 0.3 is 0 Å². The van der Waals surface area contributed by atoms with E-state index in [1.165, 1.54) is 25.0 Å². The van der Waals surface area contributed by atoms with Gasteiger partial charge in [-0.3, -0.25) is 15.1 Å². The summed E-state index contributed by atoms with van der Waals surface area (Å²) in [7, 11) is 1.98. The van der Waals surface area contributed by atoms with E-state index >= 15 is 0 Å². The second-order valence-electron chi connectivity index (χ2n) is 8.41. The molecule has 1 aliphatic heterocycles. The number of nitrogens with zero attached hydrogens (tertiary/aromatic N) is 3. The molecule has 2 atom stereocenters. The third-order valence-corrected chi connectivity index (χ3v) is 6.38. The van der Waals surface area contributed by atoms with Crippen LogP contribution in [0.3, 0.4) is 0 Å². The third kappa shape index (κ3) is 4.02. The van der Waals surface area contributed by atoms with Crippen molar-refractivity contribution in [3.05, 3.63) is 34.9 Å². The summed E-state index contributed by atoms with van der Waals surface area (Å²) in [6, 6.07) is 6.90. The summed E-state index contributed by atoms with van der Waals surface area (Å²) < 4.78 is 0. The lowest BCUT2D eigenvalue weighted by molar-refractivity contribution is 0.0973. The molecule has 6 nitrogen and oxygen atoms in total. The van der Waals surface area contributed by atoms with E-state index < -0.39 is 0 Å². The SMILES string of the molecule is CN1N=C2CCCCC2C1N=C(NC(=O)c1ccc(Cl)cc1)NC1(C)CCC1. The van der Waals surface area contributed by atoms with Crippen molar-refractivity contribution in [2.75, 3.05) is 7.05 Å². The van der Waals surface area contributed by atoms with Crippen molar-refractivity contribution in [1.82, 2.24) is 15.6 Å². The number of nitrogens with one attached hydrogen (secondary N) is 2. The maximum atomic E-state index is 12.8. The summed E-state index contributed by atoms with van der Waals surface area (Å²) in [5.41, 5.74) is 1.80. The fraction of sp³-hybridized carbons (Fsp3) is 0.571. The van der Waals surface area contributed by atoms with Gasteiger partial charge in [0, 0.05) is 34.8 Å². The van der Waals surface area contributed by atoms with Gasteiger partial charge < -0.3 is 5.32 Å². The predicted octanol–water partition coefficient (Wildman–Crippen LogP) is 3.78. The Morgan fingerprint density at radius 2 is 2.00 bits per heavy atom. The van der Waals surface area contributed by atoms with Crippen LogP contribution in [0, 0.1) is 5.92 Å². The molecule has 2 N–H and O–H groups in total. The van der Waals surface area contributed by atoms with Gasteiger partial charge in [0.15, 0.2) is 0 Å². The van der Waals surface area contributed by atoms with Crippen molar-refractivity contribution in [3.8, 4) is 0 Å². The highest BCUT2D eigenvalue weighted by molar-refractivity contribution is 6.30. The number of carbonyl (C=O) groups is 1. The van der Waals surface area contributed by atoms with E-state index in [0.717, 1.165) is 25.7 Å². The second-order valence-corrected chi connectivity index (χ2v) is 8.85. The van der Waals surface area contributed by atoms with Crippen molar-refractivity contribution >= 4 is 29.2 Å². The standard InChI is InChI=1S/C21H28ClN5O/c1-21(12-5-13-21)25-20(24-19(28)14-8-10-15(22)11-9-14)23-18-16-6-3-4-7-17(16)26-27(18)2/h8-11,16,18H,3-7,12-13H2,1-2H3,(H2,23,24,25,28). The maximum absolute atomic E-state index is 12.8. The van der Waals surface area contributed by atoms with Gasteiger partial charge in [-0.15, -0.1) is 0 Å². The van der Waals surface area contributed by atoms with E-state index in [1.807, 2.05) is 12.1 Å². The minimum atomic E-state index is -0.184. The lowest BCUT2D eigenvalue weighted by Crippen LogP contribution is -2.56. The quantitative estimate of drug-likeness (QED) is 0.598. The number of rotatable bonds is 3. The first-order valence-corrected chi connectivity index (χ1v) is 10.5. The van der Waals surface area contributed by atoms with Crippen LogP contribution in [0.25, 0.3) is 0 Å². The number of hydrazone groups is 1. The van der Waals surface area contributed by atoms with Crippen LogP contribution in [-0.2, 0) is 0 Å². The zero-order valence-electron chi connectivity index (χ0n) is 16.5. The molecule has 0 bridgehead atoms. The number of halogens is 1. The minimum Gasteiger partial charge on any atom is -0.351 e. The van der Waals surface area contributed by atoms with Gasteiger partial charge in [-0.25, -0.2) is 4.99 Å². The number of hydrogen-bond donors (Lipinski definition) is 2. The Bertz CT molecular complexity index is 800. The number of carbonyl (C=O) groups excluding carboxylic acids is 1. The van der Waals surface area contributed by atoms with Crippen molar-refractivity contribution in [3.63, 3.8) is 0 Å². The molecule has 4 rings (SSSR count). The molecule has 0 radical (unpaired) electrons. The van der Waals surface area contributed by atoms with Crippen LogP contribution >= 0.6 is 11.6 Å². The number of amides is 1. The van der Waals surface area contributed by atoms with E-state index in [9.17, 15) is 4.79 Å². The van der Waals surface area contributed by atoms with E-state index in [2.05, 4.69) is 17.6 Å². The van der Waals surface area contributed by atoms with Crippen molar-refractivity contribution in [1.29, 1.82) is 0 Å². The number of hydrogen-bond acceptors (Lipinski definition) is 4. The molecule has 2 unspecified atom stereocenters. The lowest BCUT2D eigenvalue weighted by atomic mass is 9.79. The predicted molar refractivity (Wildman–Crippen MR) is 113 cm³/mol. The summed E-state index contributed by atoms with van der Waals surface area (Å²) in [6.07, 6.45) is 7.86. The van der Waals surface area contributed by atoms with Gasteiger partial charge in [0.05, 0.1) is 0 Å². The molecule has 2 aliphatic carbocycles. The highest BCUT2D eigenvalue weighted by Crippen LogP contribution is 2.34. The monoisotopic (exact) mass is 401 g/mol. The molecule has 3 aliphatic rings. The molecule has 1 aromatic carbocycles. The first kappa shape index (κ1) is 19.2. The van der Waals surface area contributed by atoms with Crippen molar-refractivity contribution < 1.29 is 4.79 Å². The molecule has 2 fully saturated rings. The average molecular weight is 402 g/mol. The Hall–Kier alpha value is -2.08. The van der Waals surface area contributed by atoms with E-state index in [4.69, 9.17) is 21.7 Å². The highest BCUT2D eigenvalue weighted by Gasteiger charge is 2.38. The van der Waals surface area contributed by atoms with E-state index in [0.29, 0.717) is 22.5 Å². The molecular formula is C21H28ClN5O. The summed E-state index contributed by atoms with van der Waals surface area (Å²) in [4.78, 5) is 17.7. The van der Waals surface area contributed by atoms with E-state index in [-0.39, 0.29) is 17.6 Å². The molecule has 0 saturated heterocycles. The van der Waals surface area contributed by atoms with Gasteiger partial charge in [0.2, 0.25) is 5.96 Å². The van der Waals surface area contributed by atoms with Crippen LogP contribution < -0.4 is 10.6 Å². The van der Waals surface area contributed by atoms with Gasteiger partial charge in [0.25, 0.3) is 5.91 Å². The fourth-order valence-electron chi connectivity index (χ4n) is 4.29. The minimum absolute atomic E-state index is 0.0143. The Morgan fingerprint density at radius 3 is 2.68 bits per heavy atom. The van der Waals surface area contributed by atoms with Crippen LogP contribution in [0.4, 0.5) is 0 Å². The van der Waals surface area contributed by atoms with Gasteiger partial charge in [-0.2, -0.15) is 5.10 Å². The number of aliphatic imine (C=N–C) groups is 1. The van der Waals surface area contributed by atoms with Gasteiger partial charge in [-0.05, 0) is 69.7 Å². The zero-order valence-corrected chi connectivity index (χ0v) is 17.3. The molecule has 28 heavy (non-hydrogen) atoms. The molecule has 1 amide bonds. The van der Waals surface area contributed by atoms with Crippen LogP contribution in [0.1, 0.15) is 62.2 Å². The second kappa shape index (κ2) is 7.74. The Morgan fingerprint density at radius 1 is 1.25 bits per heavy atom. The maximum Gasteiger partial charge on any atom is 0.257 e. The first-order valence-electron chi connectivity index (χ1n) is 10.2. The number of fused-ring (bicyclic) bond motifs is 1. The Balaban J connectivity index is 1.55. The normalized spacial score (nSPS) is 26.2. The number of benzene rings is 1. The van der Waals surface area contributed by atoms with Gasteiger partial charge in [0.1, 0.15) is 6.17 Å². The first-order chi connectivity index (χ1) is 13.4. The largest absolute Gasteiger partial charge is 0.351 e. The van der Waals surface area contributed by atoms with Gasteiger partial charge in [-0.1, -0.05) is 18.0 Å². The molecule has 2 saturated carbocycles. The van der Waals surface area contributed by atoms with Crippen molar-refractivity contribution in [2.24, 2.45) is 16.0 Å². The van der Waals surface area contributed by atoms with Crippen LogP contribution in [0.5, 0.6) is 0 Å². The summed E-state index contributed by atoms with van der Waals surface area (Å²) in [5, 5.41) is 13.8. The van der Waals surface area contributed by atoms with Crippen LogP contribution in [0.2, 0.25) is 5.02 Å². The molecule has 7 heteroatoms. The Labute approximate surface area is 171 Å². The molecule has 0 aromatic heterocycles. The third-order valence-electron chi connectivity index (χ3n) is 6.13. The summed E-state index contributed by atoms with van der Waals surface area (Å²) in [6.45, 7) is 2.18. The topological polar surface area (TPSA) is 69.1 Å². The van der Waals surface area contributed by atoms with Crippen molar-refractivity contribution in [2.45, 2.75) is 63.6 Å². The molecule has 1 heterocycles. The van der Waals surface area contributed by atoms with Crippen LogP contribution in [-0.4, -0.2) is 41.3 Å².